The van der Waals surface area contributed by atoms with E-state index in [0.29, 0.717) is 6.42 Å². The topological polar surface area (TPSA) is 63.7 Å². The minimum atomic E-state index is -3.79. The first-order chi connectivity index (χ1) is 13.7. The third-order valence-corrected chi connectivity index (χ3v) is 8.54. The highest BCUT2D eigenvalue weighted by molar-refractivity contribution is 8.00. The van der Waals surface area contributed by atoms with Gasteiger partial charge in [-0.15, -0.1) is 11.8 Å². The summed E-state index contributed by atoms with van der Waals surface area (Å²) in [5.74, 6) is -0.479. The van der Waals surface area contributed by atoms with Crippen LogP contribution >= 0.6 is 11.8 Å². The molecule has 0 saturated carbocycles. The van der Waals surface area contributed by atoms with Gasteiger partial charge in [0.05, 0.1) is 11.5 Å². The Labute approximate surface area is 177 Å². The lowest BCUT2D eigenvalue weighted by atomic mass is 10.2. The number of benzene rings is 2. The molecule has 0 amide bonds. The van der Waals surface area contributed by atoms with E-state index in [9.17, 15) is 13.2 Å². The lowest BCUT2D eigenvalue weighted by Gasteiger charge is -2.22. The number of aryl methyl sites for hydroxylation is 3. The molecule has 3 rings (SSSR count). The maximum Gasteiger partial charge on any atom is 0.324 e. The Hall–Kier alpha value is -1.83. The molecule has 2 atom stereocenters. The third kappa shape index (κ3) is 4.68. The molecule has 0 aromatic heterocycles. The van der Waals surface area contributed by atoms with Crippen molar-refractivity contribution in [2.75, 3.05) is 13.2 Å². The first-order valence-corrected chi connectivity index (χ1v) is 12.0. The zero-order valence-electron chi connectivity index (χ0n) is 17.2. The third-order valence-electron chi connectivity index (χ3n) is 5.10. The summed E-state index contributed by atoms with van der Waals surface area (Å²) in [6.45, 7) is 8.24. The Morgan fingerprint density at radius 3 is 2.31 bits per heavy atom. The van der Waals surface area contributed by atoms with Gasteiger partial charge >= 0.3 is 5.97 Å². The van der Waals surface area contributed by atoms with Crippen LogP contribution in [0.15, 0.2) is 52.3 Å². The number of esters is 1. The lowest BCUT2D eigenvalue weighted by Crippen LogP contribution is -2.41. The van der Waals surface area contributed by atoms with Crippen molar-refractivity contribution < 1.29 is 17.9 Å². The number of nitrogens with zero attached hydrogens (tertiary/aromatic N) is 1. The van der Waals surface area contributed by atoms with Crippen molar-refractivity contribution in [2.45, 2.75) is 55.2 Å². The second-order valence-electron chi connectivity index (χ2n) is 7.35. The fraction of sp³-hybridized carbons (Fsp3) is 0.409. The van der Waals surface area contributed by atoms with Gasteiger partial charge in [0, 0.05) is 16.7 Å². The van der Waals surface area contributed by atoms with E-state index in [-0.39, 0.29) is 23.3 Å². The largest absolute Gasteiger partial charge is 0.465 e. The Morgan fingerprint density at radius 1 is 1.10 bits per heavy atom. The van der Waals surface area contributed by atoms with E-state index < -0.39 is 22.0 Å². The molecule has 1 aliphatic rings. The maximum absolute atomic E-state index is 13.3. The molecule has 29 heavy (non-hydrogen) atoms. The van der Waals surface area contributed by atoms with Crippen LogP contribution in [0.25, 0.3) is 0 Å². The van der Waals surface area contributed by atoms with E-state index in [2.05, 4.69) is 0 Å². The SMILES string of the molecule is CCOC(=O)[C@@H]1C[C@H](Sc2c(C)cccc2C)CN1S(=O)(=O)c1ccc(C)cc1. The van der Waals surface area contributed by atoms with Crippen LogP contribution in [-0.4, -0.2) is 43.1 Å². The molecular weight excluding hydrogens is 406 g/mol. The van der Waals surface area contributed by atoms with Gasteiger partial charge in [0.1, 0.15) is 6.04 Å². The number of ether oxygens (including phenoxy) is 1. The average molecular weight is 434 g/mol. The fourth-order valence-electron chi connectivity index (χ4n) is 3.57. The van der Waals surface area contributed by atoms with Gasteiger partial charge in [-0.3, -0.25) is 4.79 Å². The fourth-order valence-corrected chi connectivity index (χ4v) is 6.65. The number of hydrogen-bond donors (Lipinski definition) is 0. The smallest absolute Gasteiger partial charge is 0.324 e. The minimum Gasteiger partial charge on any atom is -0.465 e. The van der Waals surface area contributed by atoms with Gasteiger partial charge in [0.15, 0.2) is 0 Å². The standard InChI is InChI=1S/C22H27NO4S2/c1-5-27-22(24)20-13-18(28-21-16(3)7-6-8-17(21)4)14-23(20)29(25,26)19-11-9-15(2)10-12-19/h6-12,18,20H,5,13-14H2,1-4H3/t18-,20-/m0/s1. The number of thioether (sulfide) groups is 1. The average Bonchev–Trinajstić information content (AvgIpc) is 3.10. The number of sulfonamides is 1. The van der Waals surface area contributed by atoms with Crippen molar-refractivity contribution in [2.24, 2.45) is 0 Å². The van der Waals surface area contributed by atoms with Gasteiger partial charge in [-0.1, -0.05) is 35.9 Å². The van der Waals surface area contributed by atoms with Crippen LogP contribution < -0.4 is 0 Å². The summed E-state index contributed by atoms with van der Waals surface area (Å²) in [5, 5.41) is -0.0237. The molecule has 1 saturated heterocycles. The monoisotopic (exact) mass is 433 g/mol. The van der Waals surface area contributed by atoms with E-state index in [4.69, 9.17) is 4.74 Å². The lowest BCUT2D eigenvalue weighted by molar-refractivity contribution is -0.146. The Balaban J connectivity index is 1.91. The molecule has 0 aliphatic carbocycles. The summed E-state index contributed by atoms with van der Waals surface area (Å²) in [6, 6.07) is 12.0. The molecule has 156 valence electrons. The summed E-state index contributed by atoms with van der Waals surface area (Å²) < 4.78 is 33.1. The normalized spacial score (nSPS) is 20.0. The number of hydrogen-bond acceptors (Lipinski definition) is 5. The summed E-state index contributed by atoms with van der Waals surface area (Å²) >= 11 is 1.65. The van der Waals surface area contributed by atoms with E-state index in [0.717, 1.165) is 21.6 Å². The van der Waals surface area contributed by atoms with E-state index in [1.165, 1.54) is 4.31 Å². The van der Waals surface area contributed by atoms with Crippen LogP contribution in [0.2, 0.25) is 0 Å². The van der Waals surface area contributed by atoms with Gasteiger partial charge in [-0.2, -0.15) is 4.31 Å². The molecule has 0 spiro atoms. The zero-order chi connectivity index (χ0) is 21.2. The van der Waals surface area contributed by atoms with Crippen LogP contribution in [0.5, 0.6) is 0 Å². The first-order valence-electron chi connectivity index (χ1n) is 9.72. The predicted molar refractivity (Wildman–Crippen MR) is 116 cm³/mol. The Kier molecular flexibility index (Phi) is 6.71. The summed E-state index contributed by atoms with van der Waals surface area (Å²) in [6.07, 6.45) is 0.433. The molecule has 0 radical (unpaired) electrons. The zero-order valence-corrected chi connectivity index (χ0v) is 18.8. The highest BCUT2D eigenvalue weighted by Gasteiger charge is 2.45. The van der Waals surface area contributed by atoms with Gasteiger partial charge in [-0.05, 0) is 57.4 Å². The van der Waals surface area contributed by atoms with Gasteiger partial charge in [0.2, 0.25) is 10.0 Å². The summed E-state index contributed by atoms with van der Waals surface area (Å²) in [7, 11) is -3.79. The molecule has 5 nitrogen and oxygen atoms in total. The van der Waals surface area contributed by atoms with Crippen molar-refractivity contribution in [1.82, 2.24) is 4.31 Å². The molecule has 2 aromatic carbocycles. The van der Waals surface area contributed by atoms with E-state index in [1.54, 1.807) is 43.0 Å². The molecule has 1 heterocycles. The quantitative estimate of drug-likeness (QED) is 0.642. The molecule has 1 aliphatic heterocycles. The molecular formula is C22H27NO4S2. The highest BCUT2D eigenvalue weighted by atomic mass is 32.2. The second kappa shape index (κ2) is 8.90. The van der Waals surface area contributed by atoms with Gasteiger partial charge < -0.3 is 4.74 Å². The first kappa shape index (κ1) is 21.9. The van der Waals surface area contributed by atoms with Crippen molar-refractivity contribution in [3.8, 4) is 0 Å². The second-order valence-corrected chi connectivity index (χ2v) is 10.6. The van der Waals surface area contributed by atoms with Gasteiger partial charge in [0.25, 0.3) is 0 Å². The Bertz CT molecular complexity index is 966. The Morgan fingerprint density at radius 2 is 1.72 bits per heavy atom. The minimum absolute atomic E-state index is 0.0237. The van der Waals surface area contributed by atoms with Crippen LogP contribution in [-0.2, 0) is 19.6 Å². The van der Waals surface area contributed by atoms with Crippen molar-refractivity contribution in [1.29, 1.82) is 0 Å². The van der Waals surface area contributed by atoms with Crippen LogP contribution in [0.3, 0.4) is 0 Å². The van der Waals surface area contributed by atoms with Gasteiger partial charge in [-0.25, -0.2) is 8.42 Å². The van der Waals surface area contributed by atoms with Crippen molar-refractivity contribution in [3.63, 3.8) is 0 Å². The van der Waals surface area contributed by atoms with Crippen LogP contribution in [0.4, 0.5) is 0 Å². The molecule has 1 fully saturated rings. The molecule has 0 bridgehead atoms. The van der Waals surface area contributed by atoms with Crippen molar-refractivity contribution in [3.05, 3.63) is 59.2 Å². The van der Waals surface area contributed by atoms with E-state index in [1.807, 2.05) is 39.0 Å². The number of rotatable bonds is 6. The molecule has 0 N–H and O–H groups in total. The van der Waals surface area contributed by atoms with Crippen LogP contribution in [0, 0.1) is 20.8 Å². The van der Waals surface area contributed by atoms with Crippen LogP contribution in [0.1, 0.15) is 30.0 Å². The summed E-state index contributed by atoms with van der Waals surface area (Å²) in [5.41, 5.74) is 3.29. The molecule has 2 aromatic rings. The highest BCUT2D eigenvalue weighted by Crippen LogP contribution is 2.38. The van der Waals surface area contributed by atoms with E-state index >= 15 is 0 Å². The number of carbonyl (C=O) groups excluding carboxylic acids is 1. The maximum atomic E-state index is 13.3. The number of carbonyl (C=O) groups is 1. The molecule has 7 heteroatoms. The van der Waals surface area contributed by atoms with Crippen molar-refractivity contribution >= 4 is 27.8 Å². The summed E-state index contributed by atoms with van der Waals surface area (Å²) in [4.78, 5) is 13.9. The predicted octanol–water partition coefficient (Wildman–Crippen LogP) is 4.10. The molecule has 0 unspecified atom stereocenters.